The zero-order valence-corrected chi connectivity index (χ0v) is 14.0. The molecule has 0 radical (unpaired) electrons. The third kappa shape index (κ3) is 3.12. The Morgan fingerprint density at radius 3 is 2.43 bits per heavy atom. The van der Waals surface area contributed by atoms with Crippen molar-refractivity contribution in [1.82, 2.24) is 0 Å². The van der Waals surface area contributed by atoms with Crippen molar-refractivity contribution in [2.24, 2.45) is 10.9 Å². The number of rotatable bonds is 3. The smallest absolute Gasteiger partial charge is 0.420 e. The molecule has 9 heteroatoms. The van der Waals surface area contributed by atoms with Crippen molar-refractivity contribution >= 4 is 5.84 Å². The van der Waals surface area contributed by atoms with Crippen LogP contribution in [0, 0.1) is 11.3 Å². The molecule has 0 saturated heterocycles. The molecule has 142 valence electrons. The molecule has 3 aromatic rings. The summed E-state index contributed by atoms with van der Waals surface area (Å²) in [6, 6.07) is 11.9. The van der Waals surface area contributed by atoms with Gasteiger partial charge in [0.1, 0.15) is 11.8 Å². The molecule has 0 saturated carbocycles. The van der Waals surface area contributed by atoms with Crippen LogP contribution >= 0.6 is 0 Å². The number of oxime groups is 1. The van der Waals surface area contributed by atoms with Crippen molar-refractivity contribution in [3.63, 3.8) is 0 Å². The van der Waals surface area contributed by atoms with Crippen molar-refractivity contribution in [1.29, 1.82) is 5.26 Å². The number of halogens is 3. The summed E-state index contributed by atoms with van der Waals surface area (Å²) in [5.41, 5.74) is 3.86. The normalized spacial score (nSPS) is 12.0. The monoisotopic (exact) mass is 387 g/mol. The number of alkyl halides is 3. The first-order chi connectivity index (χ1) is 13.3. The molecular weight excluding hydrogens is 375 g/mol. The summed E-state index contributed by atoms with van der Waals surface area (Å²) in [5, 5.41) is 31.5. The maximum atomic E-state index is 13.5. The van der Waals surface area contributed by atoms with Gasteiger partial charge in [0, 0.05) is 5.56 Å². The molecule has 4 N–H and O–H groups in total. The number of furan rings is 1. The van der Waals surface area contributed by atoms with Crippen molar-refractivity contribution < 1.29 is 27.9 Å². The molecule has 0 spiro atoms. The average molecular weight is 387 g/mol. The molecule has 0 atom stereocenters. The van der Waals surface area contributed by atoms with Crippen LogP contribution in [0.3, 0.4) is 0 Å². The van der Waals surface area contributed by atoms with Gasteiger partial charge in [-0.3, -0.25) is 0 Å². The highest BCUT2D eigenvalue weighted by atomic mass is 19.4. The Bertz CT molecular complexity index is 1100. The fourth-order valence-corrected chi connectivity index (χ4v) is 2.86. The van der Waals surface area contributed by atoms with Gasteiger partial charge in [0.15, 0.2) is 11.6 Å². The molecule has 2 aromatic carbocycles. The highest BCUT2D eigenvalue weighted by Gasteiger charge is 2.38. The molecule has 0 unspecified atom stereocenters. The topological polar surface area (TPSA) is 116 Å². The van der Waals surface area contributed by atoms with Crippen molar-refractivity contribution in [2.75, 3.05) is 0 Å². The third-order valence-electron chi connectivity index (χ3n) is 4.07. The van der Waals surface area contributed by atoms with E-state index in [0.29, 0.717) is 5.56 Å². The van der Waals surface area contributed by atoms with Gasteiger partial charge in [0.2, 0.25) is 0 Å². The van der Waals surface area contributed by atoms with Crippen LogP contribution < -0.4 is 5.73 Å². The fourth-order valence-electron chi connectivity index (χ4n) is 2.86. The molecule has 3 rings (SSSR count). The van der Waals surface area contributed by atoms with Crippen molar-refractivity contribution in [2.45, 2.75) is 6.18 Å². The van der Waals surface area contributed by atoms with Gasteiger partial charge < -0.3 is 20.5 Å². The number of nitrogens with zero attached hydrogens (tertiary/aromatic N) is 2. The van der Waals surface area contributed by atoms with Crippen LogP contribution in [-0.4, -0.2) is 16.1 Å². The van der Waals surface area contributed by atoms with Gasteiger partial charge in [0.25, 0.3) is 0 Å². The van der Waals surface area contributed by atoms with E-state index in [1.807, 2.05) is 6.07 Å². The summed E-state index contributed by atoms with van der Waals surface area (Å²) < 4.78 is 45.9. The second kappa shape index (κ2) is 7.00. The molecule has 0 aliphatic carbocycles. The Balaban J connectivity index is 2.55. The highest BCUT2D eigenvalue weighted by Crippen LogP contribution is 2.47. The number of nitrogens with two attached hydrogens (primary N) is 1. The van der Waals surface area contributed by atoms with E-state index in [4.69, 9.17) is 15.4 Å². The van der Waals surface area contributed by atoms with E-state index in [1.54, 1.807) is 30.3 Å². The lowest BCUT2D eigenvalue weighted by atomic mass is 9.88. The number of hydrogen-bond acceptors (Lipinski definition) is 5. The second-order valence-electron chi connectivity index (χ2n) is 5.69. The van der Waals surface area contributed by atoms with Gasteiger partial charge in [-0.05, 0) is 23.3 Å². The Morgan fingerprint density at radius 1 is 1.18 bits per heavy atom. The number of aromatic hydroxyl groups is 1. The molecular formula is C19H12F3N3O3. The van der Waals surface area contributed by atoms with E-state index in [1.165, 1.54) is 12.3 Å². The summed E-state index contributed by atoms with van der Waals surface area (Å²) in [7, 11) is 0. The highest BCUT2D eigenvalue weighted by molar-refractivity contribution is 6.09. The first-order valence-electron chi connectivity index (χ1n) is 7.78. The first kappa shape index (κ1) is 18.8. The standard InChI is InChI=1S/C19H12F3N3O3/c20-19(21,22)13-8-12(10-4-2-1-3-5-10)14(15(16(13)26)18(24)25-27)17-11(9-23)6-7-28-17/h1-8,26-27H,(H2,24,25). The summed E-state index contributed by atoms with van der Waals surface area (Å²) in [6.07, 6.45) is -3.74. The minimum atomic E-state index is -4.92. The van der Waals surface area contributed by atoms with E-state index >= 15 is 0 Å². The number of phenolic OH excluding ortho intramolecular Hbond substituents is 1. The van der Waals surface area contributed by atoms with Gasteiger partial charge in [-0.2, -0.15) is 18.4 Å². The fraction of sp³-hybridized carbons (Fsp3) is 0.0526. The number of nitriles is 1. The quantitative estimate of drug-likeness (QED) is 0.268. The molecule has 0 fully saturated rings. The SMILES string of the molecule is N#Cc1ccoc1-c1c(-c2ccccc2)cc(C(F)(F)F)c(O)c1C(N)=NO. The van der Waals surface area contributed by atoms with Crippen LogP contribution in [0.15, 0.2) is 58.3 Å². The number of hydrogen-bond donors (Lipinski definition) is 3. The summed E-state index contributed by atoms with van der Waals surface area (Å²) >= 11 is 0. The molecule has 28 heavy (non-hydrogen) atoms. The Kier molecular flexibility index (Phi) is 4.71. The summed E-state index contributed by atoms with van der Waals surface area (Å²) in [5.74, 6) is -2.12. The number of amidine groups is 1. The molecule has 0 bridgehead atoms. The molecule has 0 aliphatic heterocycles. The van der Waals surface area contributed by atoms with E-state index in [-0.39, 0.29) is 22.5 Å². The van der Waals surface area contributed by atoms with Crippen LogP contribution in [0.4, 0.5) is 13.2 Å². The molecule has 1 heterocycles. The Morgan fingerprint density at radius 2 is 1.86 bits per heavy atom. The number of phenols is 1. The summed E-state index contributed by atoms with van der Waals surface area (Å²) in [6.45, 7) is 0. The minimum Gasteiger partial charge on any atom is -0.507 e. The Labute approximate surface area is 156 Å². The molecule has 1 aromatic heterocycles. The molecule has 0 amide bonds. The lowest BCUT2D eigenvalue weighted by Gasteiger charge is -2.19. The van der Waals surface area contributed by atoms with E-state index < -0.39 is 28.9 Å². The van der Waals surface area contributed by atoms with E-state index in [2.05, 4.69) is 5.16 Å². The van der Waals surface area contributed by atoms with Crippen molar-refractivity contribution in [3.8, 4) is 34.3 Å². The molecule has 6 nitrogen and oxygen atoms in total. The van der Waals surface area contributed by atoms with Crippen LogP contribution in [0.2, 0.25) is 0 Å². The lowest BCUT2D eigenvalue weighted by Crippen LogP contribution is -2.18. The van der Waals surface area contributed by atoms with Crippen LogP contribution in [0.5, 0.6) is 5.75 Å². The van der Waals surface area contributed by atoms with Crippen LogP contribution in [0.1, 0.15) is 16.7 Å². The zero-order chi connectivity index (χ0) is 20.5. The molecule has 0 aliphatic rings. The Hall–Kier alpha value is -3.93. The lowest BCUT2D eigenvalue weighted by molar-refractivity contribution is -0.138. The van der Waals surface area contributed by atoms with Gasteiger partial charge in [-0.1, -0.05) is 35.5 Å². The maximum absolute atomic E-state index is 13.5. The van der Waals surface area contributed by atoms with Gasteiger partial charge in [-0.25, -0.2) is 0 Å². The van der Waals surface area contributed by atoms with Crippen LogP contribution in [-0.2, 0) is 6.18 Å². The predicted molar refractivity (Wildman–Crippen MR) is 93.5 cm³/mol. The van der Waals surface area contributed by atoms with Gasteiger partial charge in [0.05, 0.1) is 23.0 Å². The zero-order valence-electron chi connectivity index (χ0n) is 14.0. The second-order valence-corrected chi connectivity index (χ2v) is 5.69. The van der Waals surface area contributed by atoms with Gasteiger partial charge in [-0.15, -0.1) is 0 Å². The number of benzene rings is 2. The average Bonchev–Trinajstić information content (AvgIpc) is 3.15. The van der Waals surface area contributed by atoms with Crippen molar-refractivity contribution in [3.05, 3.63) is 65.4 Å². The first-order valence-corrected chi connectivity index (χ1v) is 7.78. The van der Waals surface area contributed by atoms with E-state index in [9.17, 15) is 23.5 Å². The minimum absolute atomic E-state index is 0.00308. The third-order valence-corrected chi connectivity index (χ3v) is 4.07. The van der Waals surface area contributed by atoms with Crippen LogP contribution in [0.25, 0.3) is 22.5 Å². The van der Waals surface area contributed by atoms with E-state index in [0.717, 1.165) is 6.07 Å². The predicted octanol–water partition coefficient (Wildman–Crippen LogP) is 4.30. The van der Waals surface area contributed by atoms with Gasteiger partial charge >= 0.3 is 6.18 Å². The maximum Gasteiger partial charge on any atom is 0.420 e. The summed E-state index contributed by atoms with van der Waals surface area (Å²) in [4.78, 5) is 0. The largest absolute Gasteiger partial charge is 0.507 e.